The van der Waals surface area contributed by atoms with Crippen molar-refractivity contribution < 1.29 is 18.0 Å². The Morgan fingerprint density at radius 3 is 2.29 bits per heavy atom. The van der Waals surface area contributed by atoms with Crippen LogP contribution in [0.25, 0.3) is 0 Å². The van der Waals surface area contributed by atoms with Crippen molar-refractivity contribution in [3.8, 4) is 0 Å². The smallest absolute Gasteiger partial charge is 0.346 e. The van der Waals surface area contributed by atoms with Crippen LogP contribution in [0.2, 0.25) is 0 Å². The fourth-order valence-corrected chi connectivity index (χ4v) is 3.12. The third kappa shape index (κ3) is 4.08. The van der Waals surface area contributed by atoms with Gasteiger partial charge in [0.2, 0.25) is 0 Å². The molecule has 2 aliphatic rings. The van der Waals surface area contributed by atoms with E-state index < -0.39 is 12.1 Å². The summed E-state index contributed by atoms with van der Waals surface area (Å²) in [5, 5.41) is 5.33. The van der Waals surface area contributed by atoms with Gasteiger partial charge in [-0.1, -0.05) is 0 Å². The van der Waals surface area contributed by atoms with Crippen molar-refractivity contribution in [2.75, 3.05) is 52.9 Å². The number of carbonyl (C=O) groups excluding carboxylic acids is 1. The van der Waals surface area contributed by atoms with Crippen molar-refractivity contribution >= 4 is 5.91 Å². The molecule has 5 nitrogen and oxygen atoms in total. The predicted octanol–water partition coefficient (Wildman–Crippen LogP) is 0.0345. The molecule has 2 rings (SSSR count). The van der Waals surface area contributed by atoms with Crippen LogP contribution in [0.4, 0.5) is 13.2 Å². The van der Waals surface area contributed by atoms with Crippen molar-refractivity contribution in [3.05, 3.63) is 0 Å². The Hall–Kier alpha value is -0.860. The summed E-state index contributed by atoms with van der Waals surface area (Å²) in [5.74, 6) is -1.84. The SMILES string of the molecule is CN1CCN(C2(CNC(=O)C(F)(F)F)CCNCC2)CC1. The highest BCUT2D eigenvalue weighted by atomic mass is 19.4. The first kappa shape index (κ1) is 16.5. The molecule has 2 aliphatic heterocycles. The highest BCUT2D eigenvalue weighted by Crippen LogP contribution is 2.27. The van der Waals surface area contributed by atoms with Gasteiger partial charge in [0.15, 0.2) is 0 Å². The molecule has 0 bridgehead atoms. The molecule has 0 radical (unpaired) electrons. The number of piperidine rings is 1. The molecule has 0 aromatic carbocycles. The van der Waals surface area contributed by atoms with E-state index in [9.17, 15) is 18.0 Å². The minimum Gasteiger partial charge on any atom is -0.346 e. The molecule has 2 N–H and O–H groups in total. The monoisotopic (exact) mass is 308 g/mol. The molecule has 8 heteroatoms. The van der Waals surface area contributed by atoms with Gasteiger partial charge >= 0.3 is 12.1 Å². The van der Waals surface area contributed by atoms with Gasteiger partial charge in [0.25, 0.3) is 0 Å². The minimum absolute atomic E-state index is 0.0662. The lowest BCUT2D eigenvalue weighted by Crippen LogP contribution is -2.64. The van der Waals surface area contributed by atoms with Crippen molar-refractivity contribution in [1.82, 2.24) is 20.4 Å². The van der Waals surface area contributed by atoms with Gasteiger partial charge in [-0.25, -0.2) is 0 Å². The van der Waals surface area contributed by atoms with Gasteiger partial charge < -0.3 is 15.5 Å². The molecule has 0 unspecified atom stereocenters. The van der Waals surface area contributed by atoms with E-state index >= 15 is 0 Å². The topological polar surface area (TPSA) is 47.6 Å². The molecule has 2 heterocycles. The van der Waals surface area contributed by atoms with Gasteiger partial charge in [-0.05, 0) is 33.0 Å². The Kier molecular flexibility index (Phi) is 5.11. The second kappa shape index (κ2) is 6.50. The van der Waals surface area contributed by atoms with Crippen LogP contribution in [0.1, 0.15) is 12.8 Å². The number of nitrogens with zero attached hydrogens (tertiary/aromatic N) is 2. The number of alkyl halides is 3. The van der Waals surface area contributed by atoms with Gasteiger partial charge in [0.1, 0.15) is 0 Å². The lowest BCUT2D eigenvalue weighted by Gasteiger charge is -2.49. The van der Waals surface area contributed by atoms with E-state index in [1.807, 2.05) is 7.05 Å². The van der Waals surface area contributed by atoms with Crippen LogP contribution in [0.3, 0.4) is 0 Å². The average Bonchev–Trinajstić information content (AvgIpc) is 2.45. The Morgan fingerprint density at radius 1 is 1.19 bits per heavy atom. The second-order valence-corrected chi connectivity index (χ2v) is 5.95. The van der Waals surface area contributed by atoms with E-state index in [2.05, 4.69) is 20.4 Å². The quantitative estimate of drug-likeness (QED) is 0.773. The molecule has 2 fully saturated rings. The first-order valence-corrected chi connectivity index (χ1v) is 7.33. The summed E-state index contributed by atoms with van der Waals surface area (Å²) in [5.41, 5.74) is -0.354. The van der Waals surface area contributed by atoms with E-state index in [0.29, 0.717) is 0 Å². The number of halogens is 3. The number of likely N-dealkylation sites (N-methyl/N-ethyl adjacent to an activating group) is 1. The number of rotatable bonds is 3. The maximum atomic E-state index is 12.4. The molecule has 0 atom stereocenters. The van der Waals surface area contributed by atoms with Crippen molar-refractivity contribution in [2.45, 2.75) is 24.6 Å². The summed E-state index contributed by atoms with van der Waals surface area (Å²) in [7, 11) is 2.04. The highest BCUT2D eigenvalue weighted by molar-refractivity contribution is 5.81. The Labute approximate surface area is 122 Å². The van der Waals surface area contributed by atoms with Crippen molar-refractivity contribution in [3.63, 3.8) is 0 Å². The van der Waals surface area contributed by atoms with Crippen LogP contribution in [0.15, 0.2) is 0 Å². The number of hydrogen-bond donors (Lipinski definition) is 2. The van der Waals surface area contributed by atoms with Gasteiger partial charge in [0.05, 0.1) is 0 Å². The minimum atomic E-state index is -4.81. The number of nitrogens with one attached hydrogen (secondary N) is 2. The van der Waals surface area contributed by atoms with Crippen LogP contribution in [-0.4, -0.2) is 80.3 Å². The highest BCUT2D eigenvalue weighted by Gasteiger charge is 2.43. The normalized spacial score (nSPS) is 24.8. The van der Waals surface area contributed by atoms with Crippen LogP contribution in [0, 0.1) is 0 Å². The molecule has 1 amide bonds. The molecular weight excluding hydrogens is 285 g/mol. The summed E-state index contributed by atoms with van der Waals surface area (Å²) < 4.78 is 37.1. The first-order chi connectivity index (χ1) is 9.83. The van der Waals surface area contributed by atoms with Gasteiger partial charge in [-0.3, -0.25) is 9.69 Å². The summed E-state index contributed by atoms with van der Waals surface area (Å²) in [6, 6.07) is 0. The number of piperazine rings is 1. The fourth-order valence-electron chi connectivity index (χ4n) is 3.12. The van der Waals surface area contributed by atoms with E-state index in [-0.39, 0.29) is 12.1 Å². The third-order valence-corrected chi connectivity index (χ3v) is 4.54. The first-order valence-electron chi connectivity index (χ1n) is 7.33. The Bertz CT molecular complexity index is 361. The standard InChI is InChI=1S/C13H23F3N4O/c1-19-6-8-20(9-7-19)12(2-4-17-5-3-12)10-18-11(21)13(14,15)16/h17H,2-10H2,1H3,(H,18,21). The maximum Gasteiger partial charge on any atom is 0.471 e. The van der Waals surface area contributed by atoms with Gasteiger partial charge in [-0.2, -0.15) is 13.2 Å². The largest absolute Gasteiger partial charge is 0.471 e. The van der Waals surface area contributed by atoms with E-state index in [1.54, 1.807) is 0 Å². The second-order valence-electron chi connectivity index (χ2n) is 5.95. The Balaban J connectivity index is 2.01. The molecule has 0 aromatic rings. The van der Waals surface area contributed by atoms with Crippen molar-refractivity contribution in [1.29, 1.82) is 0 Å². The lowest BCUT2D eigenvalue weighted by molar-refractivity contribution is -0.174. The molecule has 0 saturated carbocycles. The lowest BCUT2D eigenvalue weighted by atomic mass is 9.85. The summed E-state index contributed by atoms with van der Waals surface area (Å²) in [6.07, 6.45) is -3.29. The Morgan fingerprint density at radius 2 is 1.76 bits per heavy atom. The number of amides is 1. The van der Waals surface area contributed by atoms with E-state index in [4.69, 9.17) is 0 Å². The van der Waals surface area contributed by atoms with E-state index in [0.717, 1.165) is 52.1 Å². The van der Waals surface area contributed by atoms with Crippen LogP contribution in [-0.2, 0) is 4.79 Å². The van der Waals surface area contributed by atoms with Gasteiger partial charge in [-0.15, -0.1) is 0 Å². The number of carbonyl (C=O) groups is 1. The maximum absolute atomic E-state index is 12.4. The molecule has 122 valence electrons. The predicted molar refractivity (Wildman–Crippen MR) is 73.0 cm³/mol. The fraction of sp³-hybridized carbons (Fsp3) is 0.923. The summed E-state index contributed by atoms with van der Waals surface area (Å²) in [6.45, 7) is 5.08. The molecular formula is C13H23F3N4O. The average molecular weight is 308 g/mol. The molecule has 0 aliphatic carbocycles. The zero-order valence-corrected chi connectivity index (χ0v) is 12.3. The zero-order chi connectivity index (χ0) is 15.5. The van der Waals surface area contributed by atoms with E-state index in [1.165, 1.54) is 0 Å². The van der Waals surface area contributed by atoms with Crippen LogP contribution in [0.5, 0.6) is 0 Å². The summed E-state index contributed by atoms with van der Waals surface area (Å²) in [4.78, 5) is 15.6. The summed E-state index contributed by atoms with van der Waals surface area (Å²) >= 11 is 0. The van der Waals surface area contributed by atoms with Crippen LogP contribution < -0.4 is 10.6 Å². The molecule has 0 spiro atoms. The number of hydrogen-bond acceptors (Lipinski definition) is 4. The molecule has 21 heavy (non-hydrogen) atoms. The van der Waals surface area contributed by atoms with Crippen LogP contribution >= 0.6 is 0 Å². The third-order valence-electron chi connectivity index (χ3n) is 4.54. The van der Waals surface area contributed by atoms with Gasteiger partial charge in [0, 0.05) is 38.3 Å². The zero-order valence-electron chi connectivity index (χ0n) is 12.3. The molecule has 0 aromatic heterocycles. The van der Waals surface area contributed by atoms with Crippen molar-refractivity contribution in [2.24, 2.45) is 0 Å². The molecule has 2 saturated heterocycles.